The van der Waals surface area contributed by atoms with Crippen molar-refractivity contribution < 1.29 is 19.4 Å². The van der Waals surface area contributed by atoms with Crippen LogP contribution in [0.15, 0.2) is 29.0 Å². The van der Waals surface area contributed by atoms with E-state index in [4.69, 9.17) is 4.74 Å². The molecule has 0 aliphatic carbocycles. The topological polar surface area (TPSA) is 75.6 Å². The quantitative estimate of drug-likeness (QED) is 0.603. The van der Waals surface area contributed by atoms with Gasteiger partial charge < -0.3 is 15.2 Å². The molecule has 136 valence electrons. The Morgan fingerprint density at radius 1 is 1.31 bits per heavy atom. The summed E-state index contributed by atoms with van der Waals surface area (Å²) in [5.41, 5.74) is 2.24. The Bertz CT molecular complexity index is 958. The summed E-state index contributed by atoms with van der Waals surface area (Å²) in [4.78, 5) is 24.2. The van der Waals surface area contributed by atoms with Gasteiger partial charge in [0.2, 0.25) is 0 Å². The maximum Gasteiger partial charge on any atom is 0.349 e. The lowest BCUT2D eigenvalue weighted by molar-refractivity contribution is 0.0696. The number of carboxylic acid groups (broad SMARTS) is 1. The fourth-order valence-electron chi connectivity index (χ4n) is 2.65. The van der Waals surface area contributed by atoms with Crippen LogP contribution in [0.1, 0.15) is 46.4 Å². The number of amides is 1. The fourth-order valence-corrected chi connectivity index (χ4v) is 4.31. The van der Waals surface area contributed by atoms with Gasteiger partial charge in [0.25, 0.3) is 5.91 Å². The summed E-state index contributed by atoms with van der Waals surface area (Å²) in [6.45, 7) is 5.71. The zero-order chi connectivity index (χ0) is 18.8. The van der Waals surface area contributed by atoms with E-state index < -0.39 is 5.97 Å². The van der Waals surface area contributed by atoms with Crippen LogP contribution in [-0.4, -0.2) is 23.1 Å². The van der Waals surface area contributed by atoms with Crippen LogP contribution in [0.25, 0.3) is 10.1 Å². The summed E-state index contributed by atoms with van der Waals surface area (Å²) in [5, 5.41) is 16.8. The molecule has 0 fully saturated rings. The van der Waals surface area contributed by atoms with E-state index >= 15 is 0 Å². The lowest BCUT2D eigenvalue weighted by atomic mass is 10.1. The summed E-state index contributed by atoms with van der Waals surface area (Å²) in [6, 6.07) is 5.52. The smallest absolute Gasteiger partial charge is 0.349 e. The minimum Gasteiger partial charge on any atom is -0.489 e. The molecule has 2 aromatic heterocycles. The standard InChI is InChI=1S/C19H19NO4S2/c1-4-11-7-15-13(16(24-10(2)3)17(26-15)19(22)23)8-14(11)20-18(21)12-5-6-25-9-12/h5-10H,4H2,1-3H3,(H,20,21)(H,22,23). The van der Waals surface area contributed by atoms with Crippen molar-refractivity contribution in [1.82, 2.24) is 0 Å². The Kier molecular flexibility index (Phi) is 5.29. The first kappa shape index (κ1) is 18.4. The second-order valence-corrected chi connectivity index (χ2v) is 7.89. The van der Waals surface area contributed by atoms with Gasteiger partial charge in [-0.15, -0.1) is 11.3 Å². The number of nitrogens with one attached hydrogen (secondary N) is 1. The largest absolute Gasteiger partial charge is 0.489 e. The van der Waals surface area contributed by atoms with Gasteiger partial charge in [-0.25, -0.2) is 4.79 Å². The molecule has 26 heavy (non-hydrogen) atoms. The average molecular weight is 389 g/mol. The Morgan fingerprint density at radius 3 is 2.65 bits per heavy atom. The number of anilines is 1. The molecule has 5 nitrogen and oxygen atoms in total. The summed E-state index contributed by atoms with van der Waals surface area (Å²) >= 11 is 2.66. The molecule has 0 saturated heterocycles. The fraction of sp³-hybridized carbons (Fsp3) is 0.263. The van der Waals surface area contributed by atoms with Crippen molar-refractivity contribution in [2.45, 2.75) is 33.3 Å². The van der Waals surface area contributed by atoms with E-state index in [1.807, 2.05) is 38.3 Å². The Labute approximate surface area is 159 Å². The van der Waals surface area contributed by atoms with E-state index in [0.717, 1.165) is 16.7 Å². The highest BCUT2D eigenvalue weighted by molar-refractivity contribution is 7.21. The van der Waals surface area contributed by atoms with Crippen molar-refractivity contribution in [1.29, 1.82) is 0 Å². The number of fused-ring (bicyclic) bond motifs is 1. The summed E-state index contributed by atoms with van der Waals surface area (Å²) in [7, 11) is 0. The summed E-state index contributed by atoms with van der Waals surface area (Å²) in [5.74, 6) is -0.828. The van der Waals surface area contributed by atoms with Crippen LogP contribution >= 0.6 is 22.7 Å². The van der Waals surface area contributed by atoms with Gasteiger partial charge in [-0.2, -0.15) is 11.3 Å². The minimum atomic E-state index is -1.01. The van der Waals surface area contributed by atoms with E-state index in [0.29, 0.717) is 22.4 Å². The first-order valence-electron chi connectivity index (χ1n) is 8.23. The number of rotatable bonds is 6. The van der Waals surface area contributed by atoms with Gasteiger partial charge in [-0.1, -0.05) is 6.92 Å². The molecule has 1 aromatic carbocycles. The number of thiophene rings is 2. The molecule has 0 aliphatic heterocycles. The van der Waals surface area contributed by atoms with Gasteiger partial charge in [0.05, 0.1) is 11.7 Å². The predicted octanol–water partition coefficient (Wildman–Crippen LogP) is 5.26. The molecule has 0 bridgehead atoms. The SMILES string of the molecule is CCc1cc2sc(C(=O)O)c(OC(C)C)c2cc1NC(=O)c1ccsc1. The molecule has 7 heteroatoms. The maximum absolute atomic E-state index is 12.4. The third kappa shape index (κ3) is 3.59. The van der Waals surface area contributed by atoms with Gasteiger partial charge in [-0.05, 0) is 49.4 Å². The highest BCUT2D eigenvalue weighted by Gasteiger charge is 2.22. The van der Waals surface area contributed by atoms with Crippen molar-refractivity contribution in [3.8, 4) is 5.75 Å². The third-order valence-electron chi connectivity index (χ3n) is 3.83. The van der Waals surface area contributed by atoms with E-state index in [-0.39, 0.29) is 16.9 Å². The van der Waals surface area contributed by atoms with Crippen LogP contribution in [0.4, 0.5) is 5.69 Å². The van der Waals surface area contributed by atoms with Gasteiger partial charge in [0.15, 0.2) is 10.6 Å². The lowest BCUT2D eigenvalue weighted by Gasteiger charge is -2.12. The Morgan fingerprint density at radius 2 is 2.08 bits per heavy atom. The Hall–Kier alpha value is -2.38. The monoisotopic (exact) mass is 389 g/mol. The second kappa shape index (κ2) is 7.47. The van der Waals surface area contributed by atoms with E-state index in [9.17, 15) is 14.7 Å². The molecule has 0 spiro atoms. The van der Waals surface area contributed by atoms with Crippen LogP contribution in [0, 0.1) is 0 Å². The van der Waals surface area contributed by atoms with Crippen LogP contribution in [-0.2, 0) is 6.42 Å². The van der Waals surface area contributed by atoms with Crippen LogP contribution < -0.4 is 10.1 Å². The number of aromatic carboxylic acids is 1. The number of benzene rings is 1. The number of carboxylic acids is 1. The van der Waals surface area contributed by atoms with Crippen LogP contribution in [0.2, 0.25) is 0 Å². The zero-order valence-corrected chi connectivity index (χ0v) is 16.3. The minimum absolute atomic E-state index is 0.152. The van der Waals surface area contributed by atoms with E-state index in [1.54, 1.807) is 11.4 Å². The lowest BCUT2D eigenvalue weighted by Crippen LogP contribution is -2.12. The number of carbonyl (C=O) groups excluding carboxylic acids is 1. The molecular weight excluding hydrogens is 370 g/mol. The number of aryl methyl sites for hydroxylation is 1. The maximum atomic E-state index is 12.4. The number of hydrogen-bond acceptors (Lipinski definition) is 5. The van der Waals surface area contributed by atoms with Crippen LogP contribution in [0.3, 0.4) is 0 Å². The van der Waals surface area contributed by atoms with E-state index in [2.05, 4.69) is 5.32 Å². The molecule has 2 heterocycles. The van der Waals surface area contributed by atoms with Gasteiger partial charge in [0.1, 0.15) is 0 Å². The molecule has 0 unspecified atom stereocenters. The van der Waals surface area contributed by atoms with Gasteiger partial charge in [-0.3, -0.25) is 4.79 Å². The average Bonchev–Trinajstić information content (AvgIpc) is 3.22. The third-order valence-corrected chi connectivity index (χ3v) is 5.63. The number of carbonyl (C=O) groups is 2. The molecule has 2 N–H and O–H groups in total. The molecule has 3 aromatic rings. The highest BCUT2D eigenvalue weighted by atomic mass is 32.1. The normalized spacial score (nSPS) is 11.1. The zero-order valence-electron chi connectivity index (χ0n) is 14.7. The molecule has 0 radical (unpaired) electrons. The molecule has 3 rings (SSSR count). The molecule has 0 atom stereocenters. The van der Waals surface area contributed by atoms with Crippen molar-refractivity contribution in [2.75, 3.05) is 5.32 Å². The van der Waals surface area contributed by atoms with Crippen molar-refractivity contribution in [3.05, 3.63) is 45.0 Å². The van der Waals surface area contributed by atoms with E-state index in [1.165, 1.54) is 22.7 Å². The number of ether oxygens (including phenoxy) is 1. The van der Waals surface area contributed by atoms with Crippen molar-refractivity contribution in [3.63, 3.8) is 0 Å². The van der Waals surface area contributed by atoms with Gasteiger partial charge >= 0.3 is 5.97 Å². The molecular formula is C19H19NO4S2. The van der Waals surface area contributed by atoms with Crippen molar-refractivity contribution in [2.24, 2.45) is 0 Å². The molecule has 0 saturated carbocycles. The predicted molar refractivity (Wildman–Crippen MR) is 106 cm³/mol. The highest BCUT2D eigenvalue weighted by Crippen LogP contribution is 2.41. The van der Waals surface area contributed by atoms with Crippen molar-refractivity contribution >= 4 is 50.3 Å². The second-order valence-electron chi connectivity index (χ2n) is 6.06. The molecule has 1 amide bonds. The van der Waals surface area contributed by atoms with Crippen LogP contribution in [0.5, 0.6) is 5.75 Å². The number of hydrogen-bond donors (Lipinski definition) is 2. The molecule has 0 aliphatic rings. The van der Waals surface area contributed by atoms with Gasteiger partial charge in [0, 0.05) is 21.2 Å². The summed E-state index contributed by atoms with van der Waals surface area (Å²) < 4.78 is 6.62. The first-order valence-corrected chi connectivity index (χ1v) is 9.99. The summed E-state index contributed by atoms with van der Waals surface area (Å²) in [6.07, 6.45) is 0.566. The first-order chi connectivity index (χ1) is 12.4. The Balaban J connectivity index is 2.10.